The zero-order valence-electron chi connectivity index (χ0n) is 6.05. The van der Waals surface area contributed by atoms with Gasteiger partial charge in [-0.2, -0.15) is 10.3 Å². The number of hydrogen-bond acceptors (Lipinski definition) is 3. The van der Waals surface area contributed by atoms with Crippen LogP contribution in [0.1, 0.15) is 19.5 Å². The normalized spacial score (nSPS) is 9.40. The van der Waals surface area contributed by atoms with E-state index < -0.39 is 0 Å². The number of nitrogens with two attached hydrogens (primary N) is 1. The van der Waals surface area contributed by atoms with Crippen LogP contribution < -0.4 is 5.73 Å². The number of rotatable bonds is 1. The number of nitrogens with one attached hydrogen (secondary N) is 1. The third-order valence-electron chi connectivity index (χ3n) is 1.03. The Morgan fingerprint density at radius 3 is 2.60 bits per heavy atom. The lowest BCUT2D eigenvalue weighted by molar-refractivity contribution is 0.939. The summed E-state index contributed by atoms with van der Waals surface area (Å²) in [6.45, 7) is 3.96. The van der Waals surface area contributed by atoms with E-state index in [2.05, 4.69) is 15.4 Å². The van der Waals surface area contributed by atoms with Crippen molar-refractivity contribution in [1.82, 2.24) is 15.4 Å². The maximum absolute atomic E-state index is 5.44. The average Bonchev–Trinajstić information content (AvgIpc) is 2.15. The van der Waals surface area contributed by atoms with Gasteiger partial charge in [-0.3, -0.25) is 0 Å². The van der Waals surface area contributed by atoms with Gasteiger partial charge in [0.15, 0.2) is 5.82 Å². The molecule has 0 amide bonds. The van der Waals surface area contributed by atoms with Crippen molar-refractivity contribution < 1.29 is 0 Å². The molecule has 0 saturated carbocycles. The molecule has 54 valence electrons. The van der Waals surface area contributed by atoms with Crippen LogP contribution in [-0.2, 0) is 0 Å². The van der Waals surface area contributed by atoms with E-state index in [1.54, 1.807) is 0 Å². The van der Waals surface area contributed by atoms with Crippen LogP contribution in [0.3, 0.4) is 0 Å². The number of nitrogens with zero attached hydrogens (tertiary/aromatic N) is 2. The lowest BCUT2D eigenvalue weighted by Gasteiger charge is -1.86. The minimum atomic E-state index is 0.446. The number of nitrogen functional groups attached to an aromatic ring is 1. The van der Waals surface area contributed by atoms with Crippen molar-refractivity contribution in [3.05, 3.63) is 11.3 Å². The van der Waals surface area contributed by atoms with E-state index in [-0.39, 0.29) is 0 Å². The smallest absolute Gasteiger partial charge is 0.173 e. The largest absolute Gasteiger partial charge is 0.380 e. The number of anilines is 1. The molecule has 0 spiro atoms. The first-order valence-corrected chi connectivity index (χ1v) is 3.01. The molecule has 0 aliphatic carbocycles. The van der Waals surface area contributed by atoms with Crippen molar-refractivity contribution in [1.29, 1.82) is 0 Å². The maximum Gasteiger partial charge on any atom is 0.173 e. The molecule has 1 aromatic rings. The highest BCUT2D eigenvalue weighted by atomic mass is 15.3. The minimum Gasteiger partial charge on any atom is -0.380 e. The summed E-state index contributed by atoms with van der Waals surface area (Å²) in [5.41, 5.74) is 7.30. The Morgan fingerprint density at radius 2 is 2.20 bits per heavy atom. The summed E-state index contributed by atoms with van der Waals surface area (Å²) in [5, 5.41) is 9.92. The zero-order chi connectivity index (χ0) is 7.56. The van der Waals surface area contributed by atoms with Crippen LogP contribution in [0, 0.1) is 0 Å². The molecule has 1 aromatic heterocycles. The fraction of sp³-hybridized carbons (Fsp3) is 0.333. The van der Waals surface area contributed by atoms with Crippen LogP contribution >= 0.6 is 0 Å². The van der Waals surface area contributed by atoms with Crippen LogP contribution in [0.15, 0.2) is 5.57 Å². The van der Waals surface area contributed by atoms with Gasteiger partial charge < -0.3 is 5.73 Å². The summed E-state index contributed by atoms with van der Waals surface area (Å²) in [6, 6.07) is 0. The highest BCUT2D eigenvalue weighted by molar-refractivity contribution is 5.57. The molecule has 0 aromatic carbocycles. The van der Waals surface area contributed by atoms with Gasteiger partial charge in [0.05, 0.1) is 0 Å². The number of aromatic amines is 1. The van der Waals surface area contributed by atoms with E-state index in [0.717, 1.165) is 5.57 Å². The van der Waals surface area contributed by atoms with Gasteiger partial charge in [-0.15, -0.1) is 5.10 Å². The Morgan fingerprint density at radius 1 is 1.50 bits per heavy atom. The molecule has 1 heterocycles. The molecule has 1 rings (SSSR count). The van der Waals surface area contributed by atoms with E-state index in [1.165, 1.54) is 0 Å². The third kappa shape index (κ3) is 1.34. The van der Waals surface area contributed by atoms with Crippen LogP contribution in [0.5, 0.6) is 0 Å². The van der Waals surface area contributed by atoms with E-state index in [9.17, 15) is 0 Å². The summed E-state index contributed by atoms with van der Waals surface area (Å²) >= 11 is 0. The number of allylic oxidation sites excluding steroid dienone is 1. The van der Waals surface area contributed by atoms with Crippen LogP contribution in [-0.4, -0.2) is 15.4 Å². The first kappa shape index (κ1) is 6.80. The molecule has 0 fully saturated rings. The molecule has 0 bridgehead atoms. The fourth-order valence-electron chi connectivity index (χ4n) is 0.627. The van der Waals surface area contributed by atoms with Crippen molar-refractivity contribution in [2.45, 2.75) is 13.8 Å². The SMILES string of the molecule is CC(C)=Cc1n[nH]nc1N. The van der Waals surface area contributed by atoms with Gasteiger partial charge in [-0.1, -0.05) is 5.57 Å². The molecule has 0 radical (unpaired) electrons. The van der Waals surface area contributed by atoms with Crippen molar-refractivity contribution >= 4 is 11.9 Å². The molecule has 10 heavy (non-hydrogen) atoms. The van der Waals surface area contributed by atoms with Gasteiger partial charge in [0, 0.05) is 0 Å². The van der Waals surface area contributed by atoms with Gasteiger partial charge in [0.25, 0.3) is 0 Å². The highest BCUT2D eigenvalue weighted by Crippen LogP contribution is 2.06. The fourth-order valence-corrected chi connectivity index (χ4v) is 0.627. The maximum atomic E-state index is 5.44. The van der Waals surface area contributed by atoms with Crippen LogP contribution in [0.4, 0.5) is 5.82 Å². The third-order valence-corrected chi connectivity index (χ3v) is 1.03. The molecule has 0 saturated heterocycles. The van der Waals surface area contributed by atoms with Gasteiger partial charge in [-0.05, 0) is 19.9 Å². The van der Waals surface area contributed by atoms with Crippen molar-refractivity contribution in [2.75, 3.05) is 5.73 Å². The lowest BCUT2D eigenvalue weighted by atomic mass is 10.3. The monoisotopic (exact) mass is 138 g/mol. The predicted molar refractivity (Wildman–Crippen MR) is 40.1 cm³/mol. The Hall–Kier alpha value is -1.32. The second kappa shape index (κ2) is 2.51. The first-order valence-electron chi connectivity index (χ1n) is 3.01. The Bertz CT molecular complexity index is 244. The second-order valence-electron chi connectivity index (χ2n) is 2.32. The van der Waals surface area contributed by atoms with Crippen LogP contribution in [0.25, 0.3) is 6.08 Å². The van der Waals surface area contributed by atoms with E-state index in [4.69, 9.17) is 5.73 Å². The Labute approximate surface area is 59.1 Å². The molecule has 0 aliphatic heterocycles. The summed E-state index contributed by atoms with van der Waals surface area (Å²) in [6.07, 6.45) is 1.87. The predicted octanol–water partition coefficient (Wildman–Crippen LogP) is 0.810. The number of aromatic nitrogens is 3. The zero-order valence-corrected chi connectivity index (χ0v) is 6.05. The van der Waals surface area contributed by atoms with Crippen molar-refractivity contribution in [3.8, 4) is 0 Å². The van der Waals surface area contributed by atoms with E-state index in [1.807, 2.05) is 19.9 Å². The molecule has 0 aliphatic rings. The second-order valence-corrected chi connectivity index (χ2v) is 2.32. The minimum absolute atomic E-state index is 0.446. The summed E-state index contributed by atoms with van der Waals surface area (Å²) in [4.78, 5) is 0. The standard InChI is InChI=1S/C6H10N4/c1-4(2)3-5-6(7)9-10-8-5/h3H,1-2H3,(H3,7,8,9,10). The van der Waals surface area contributed by atoms with Crippen molar-refractivity contribution in [3.63, 3.8) is 0 Å². The van der Waals surface area contributed by atoms with Gasteiger partial charge in [-0.25, -0.2) is 0 Å². The molecule has 4 heteroatoms. The Kier molecular flexibility index (Phi) is 1.71. The molecule has 3 N–H and O–H groups in total. The average molecular weight is 138 g/mol. The van der Waals surface area contributed by atoms with Gasteiger partial charge in [0.1, 0.15) is 5.69 Å². The Balaban J connectivity index is 2.95. The van der Waals surface area contributed by atoms with E-state index in [0.29, 0.717) is 11.5 Å². The quantitative estimate of drug-likeness (QED) is 0.603. The molecule has 0 unspecified atom stereocenters. The summed E-state index contributed by atoms with van der Waals surface area (Å²) in [5.74, 6) is 0.446. The number of hydrogen-bond donors (Lipinski definition) is 2. The van der Waals surface area contributed by atoms with Gasteiger partial charge in [0.2, 0.25) is 0 Å². The molecule has 0 atom stereocenters. The highest BCUT2D eigenvalue weighted by Gasteiger charge is 1.97. The summed E-state index contributed by atoms with van der Waals surface area (Å²) < 4.78 is 0. The van der Waals surface area contributed by atoms with Crippen molar-refractivity contribution in [2.24, 2.45) is 0 Å². The summed E-state index contributed by atoms with van der Waals surface area (Å²) in [7, 11) is 0. The van der Waals surface area contributed by atoms with Crippen LogP contribution in [0.2, 0.25) is 0 Å². The molecular formula is C6H10N4. The molecular weight excluding hydrogens is 128 g/mol. The number of H-pyrrole nitrogens is 1. The van der Waals surface area contributed by atoms with E-state index >= 15 is 0 Å². The van der Waals surface area contributed by atoms with Gasteiger partial charge >= 0.3 is 0 Å². The lowest BCUT2D eigenvalue weighted by Crippen LogP contribution is -1.86. The molecule has 4 nitrogen and oxygen atoms in total. The topological polar surface area (TPSA) is 67.6 Å². The first-order chi connectivity index (χ1) is 4.70.